The van der Waals surface area contributed by atoms with Crippen molar-refractivity contribution in [3.8, 4) is 0 Å². The van der Waals surface area contributed by atoms with Gasteiger partial charge in [0.05, 0.1) is 0 Å². The third-order valence-electron chi connectivity index (χ3n) is 3.69. The van der Waals surface area contributed by atoms with E-state index in [0.29, 0.717) is 6.04 Å². The van der Waals surface area contributed by atoms with Crippen molar-refractivity contribution >= 4 is 11.3 Å². The first kappa shape index (κ1) is 11.9. The van der Waals surface area contributed by atoms with Crippen molar-refractivity contribution in [1.29, 1.82) is 0 Å². The Hall–Kier alpha value is -1.16. The molecule has 1 N–H and O–H groups in total. The summed E-state index contributed by atoms with van der Waals surface area (Å²) in [7, 11) is 0. The van der Waals surface area contributed by atoms with Gasteiger partial charge in [-0.15, -0.1) is 11.3 Å². The van der Waals surface area contributed by atoms with Crippen LogP contribution in [0.3, 0.4) is 0 Å². The van der Waals surface area contributed by atoms with Crippen LogP contribution in [0.15, 0.2) is 41.8 Å². The first-order valence-electron chi connectivity index (χ1n) is 6.29. The number of aliphatic hydroxyl groups excluding tert-OH is 1. The molecule has 2 aromatic rings. The minimum absolute atomic E-state index is 0.333. The van der Waals surface area contributed by atoms with Gasteiger partial charge in [-0.3, -0.25) is 4.90 Å². The monoisotopic (exact) mass is 259 g/mol. The maximum absolute atomic E-state index is 10.2. The Morgan fingerprint density at radius 3 is 2.83 bits per heavy atom. The number of hydrogen-bond donors (Lipinski definition) is 1. The van der Waals surface area contributed by atoms with E-state index < -0.39 is 0 Å². The van der Waals surface area contributed by atoms with Crippen molar-refractivity contribution in [2.45, 2.75) is 25.6 Å². The van der Waals surface area contributed by atoms with E-state index >= 15 is 0 Å². The SMILES string of the molecule is CC(c1ccccc1)N1Cc2ccsc2C(O)C1. The summed E-state index contributed by atoms with van der Waals surface area (Å²) in [6, 6.07) is 13.0. The van der Waals surface area contributed by atoms with Gasteiger partial charge in [-0.25, -0.2) is 0 Å². The van der Waals surface area contributed by atoms with Crippen LogP contribution in [0.4, 0.5) is 0 Å². The van der Waals surface area contributed by atoms with E-state index in [9.17, 15) is 5.11 Å². The first-order chi connectivity index (χ1) is 8.75. The van der Waals surface area contributed by atoms with E-state index in [4.69, 9.17) is 0 Å². The fraction of sp³-hybridized carbons (Fsp3) is 0.333. The minimum atomic E-state index is -0.333. The van der Waals surface area contributed by atoms with Crippen LogP contribution in [0.1, 0.15) is 35.1 Å². The predicted molar refractivity (Wildman–Crippen MR) is 74.5 cm³/mol. The van der Waals surface area contributed by atoms with E-state index in [2.05, 4.69) is 47.5 Å². The van der Waals surface area contributed by atoms with Crippen LogP contribution in [-0.2, 0) is 6.54 Å². The van der Waals surface area contributed by atoms with Gasteiger partial charge in [-0.2, -0.15) is 0 Å². The van der Waals surface area contributed by atoms with Gasteiger partial charge in [0, 0.05) is 24.0 Å². The molecule has 3 rings (SSSR count). The summed E-state index contributed by atoms with van der Waals surface area (Å²) in [5.41, 5.74) is 2.59. The van der Waals surface area contributed by atoms with Gasteiger partial charge >= 0.3 is 0 Å². The van der Waals surface area contributed by atoms with Gasteiger partial charge in [-0.1, -0.05) is 30.3 Å². The molecule has 2 unspecified atom stereocenters. The van der Waals surface area contributed by atoms with E-state index in [1.165, 1.54) is 11.1 Å². The van der Waals surface area contributed by atoms with E-state index in [1.54, 1.807) is 11.3 Å². The molecule has 3 heteroatoms. The number of nitrogens with zero attached hydrogens (tertiary/aromatic N) is 1. The molecule has 0 fully saturated rings. The van der Waals surface area contributed by atoms with Crippen molar-refractivity contribution in [2.75, 3.05) is 6.54 Å². The zero-order valence-electron chi connectivity index (χ0n) is 10.4. The number of aliphatic hydroxyl groups is 1. The molecule has 94 valence electrons. The van der Waals surface area contributed by atoms with Crippen LogP contribution in [0.2, 0.25) is 0 Å². The first-order valence-corrected chi connectivity index (χ1v) is 7.17. The molecule has 0 spiro atoms. The lowest BCUT2D eigenvalue weighted by atomic mass is 10.0. The minimum Gasteiger partial charge on any atom is -0.386 e. The summed E-state index contributed by atoms with van der Waals surface area (Å²) in [6.07, 6.45) is -0.333. The zero-order valence-corrected chi connectivity index (χ0v) is 11.2. The smallest absolute Gasteiger partial charge is 0.101 e. The number of rotatable bonds is 2. The van der Waals surface area contributed by atoms with Crippen molar-refractivity contribution in [3.05, 3.63) is 57.8 Å². The molecule has 0 saturated carbocycles. The van der Waals surface area contributed by atoms with Gasteiger partial charge in [0.1, 0.15) is 6.10 Å². The fourth-order valence-corrected chi connectivity index (χ4v) is 3.49. The molecule has 2 nitrogen and oxygen atoms in total. The van der Waals surface area contributed by atoms with Crippen LogP contribution in [0, 0.1) is 0 Å². The second kappa shape index (κ2) is 4.84. The van der Waals surface area contributed by atoms with Gasteiger partial charge < -0.3 is 5.11 Å². The maximum Gasteiger partial charge on any atom is 0.101 e. The Balaban J connectivity index is 1.83. The van der Waals surface area contributed by atoms with Crippen LogP contribution < -0.4 is 0 Å². The largest absolute Gasteiger partial charge is 0.386 e. The number of benzene rings is 1. The van der Waals surface area contributed by atoms with Gasteiger partial charge in [0.15, 0.2) is 0 Å². The summed E-state index contributed by atoms with van der Waals surface area (Å²) in [6.45, 7) is 3.87. The second-order valence-corrected chi connectivity index (χ2v) is 5.79. The molecule has 18 heavy (non-hydrogen) atoms. The number of thiophene rings is 1. The standard InChI is InChI=1S/C15H17NOS/c1-11(12-5-3-2-4-6-12)16-9-13-7-8-18-15(13)14(17)10-16/h2-8,11,14,17H,9-10H2,1H3. The third-order valence-corrected chi connectivity index (χ3v) is 4.75. The molecule has 2 atom stereocenters. The highest BCUT2D eigenvalue weighted by Gasteiger charge is 2.27. The molecule has 0 aliphatic carbocycles. The lowest BCUT2D eigenvalue weighted by Crippen LogP contribution is -2.34. The average Bonchev–Trinajstić information content (AvgIpc) is 2.88. The maximum atomic E-state index is 10.2. The molecule has 0 radical (unpaired) electrons. The Labute approximate surface area is 112 Å². The van der Waals surface area contributed by atoms with Crippen LogP contribution in [0.5, 0.6) is 0 Å². The van der Waals surface area contributed by atoms with Gasteiger partial charge in [0.25, 0.3) is 0 Å². The average molecular weight is 259 g/mol. The highest BCUT2D eigenvalue weighted by molar-refractivity contribution is 7.10. The Kier molecular flexibility index (Phi) is 3.20. The second-order valence-electron chi connectivity index (χ2n) is 4.84. The van der Waals surface area contributed by atoms with Crippen LogP contribution in [0.25, 0.3) is 0 Å². The lowest BCUT2D eigenvalue weighted by molar-refractivity contribution is 0.0726. The molecule has 2 heterocycles. The quantitative estimate of drug-likeness (QED) is 0.894. The number of hydrogen-bond acceptors (Lipinski definition) is 3. The molecular formula is C15H17NOS. The van der Waals surface area contributed by atoms with Gasteiger partial charge in [-0.05, 0) is 29.5 Å². The Morgan fingerprint density at radius 2 is 2.06 bits per heavy atom. The highest BCUT2D eigenvalue weighted by atomic mass is 32.1. The highest BCUT2D eigenvalue weighted by Crippen LogP contribution is 2.34. The third kappa shape index (κ3) is 2.09. The normalized spacial score (nSPS) is 21.6. The van der Waals surface area contributed by atoms with Crippen LogP contribution >= 0.6 is 11.3 Å². The molecule has 1 aromatic heterocycles. The molecule has 1 aliphatic heterocycles. The Bertz CT molecular complexity index is 522. The zero-order chi connectivity index (χ0) is 12.5. The van der Waals surface area contributed by atoms with E-state index in [0.717, 1.165) is 18.0 Å². The lowest BCUT2D eigenvalue weighted by Gasteiger charge is -2.35. The molecule has 1 aromatic carbocycles. The summed E-state index contributed by atoms with van der Waals surface area (Å²) >= 11 is 1.67. The van der Waals surface area contributed by atoms with Crippen molar-refractivity contribution in [1.82, 2.24) is 4.90 Å². The fourth-order valence-electron chi connectivity index (χ4n) is 2.60. The topological polar surface area (TPSA) is 23.5 Å². The number of fused-ring (bicyclic) bond motifs is 1. The summed E-state index contributed by atoms with van der Waals surface area (Å²) < 4.78 is 0. The predicted octanol–water partition coefficient (Wildman–Crippen LogP) is 3.36. The Morgan fingerprint density at radius 1 is 1.28 bits per heavy atom. The molecule has 0 saturated heterocycles. The molecule has 0 bridgehead atoms. The molecule has 0 amide bonds. The summed E-state index contributed by atoms with van der Waals surface area (Å²) in [5.74, 6) is 0. The van der Waals surface area contributed by atoms with Crippen LogP contribution in [-0.4, -0.2) is 16.6 Å². The summed E-state index contributed by atoms with van der Waals surface area (Å²) in [5, 5.41) is 12.3. The number of β-amino-alcohol motifs (C(OH)–C–C–N with tert-alkyl or cyclic N) is 1. The van der Waals surface area contributed by atoms with Crippen molar-refractivity contribution in [3.63, 3.8) is 0 Å². The van der Waals surface area contributed by atoms with E-state index in [1.807, 2.05) is 6.07 Å². The van der Waals surface area contributed by atoms with Gasteiger partial charge in [0.2, 0.25) is 0 Å². The van der Waals surface area contributed by atoms with Crippen molar-refractivity contribution in [2.24, 2.45) is 0 Å². The molecule has 1 aliphatic rings. The van der Waals surface area contributed by atoms with Crippen molar-refractivity contribution < 1.29 is 5.11 Å². The summed E-state index contributed by atoms with van der Waals surface area (Å²) in [4.78, 5) is 3.49. The molecular weight excluding hydrogens is 242 g/mol. The van der Waals surface area contributed by atoms with E-state index in [-0.39, 0.29) is 6.10 Å².